The zero-order valence-corrected chi connectivity index (χ0v) is 19.9. The maximum absolute atomic E-state index is 13.5. The van der Waals surface area contributed by atoms with E-state index >= 15 is 0 Å². The van der Waals surface area contributed by atoms with Crippen LogP contribution in [0.5, 0.6) is 0 Å². The van der Waals surface area contributed by atoms with Crippen molar-refractivity contribution >= 4 is 44.2 Å². The molecule has 184 valence electrons. The van der Waals surface area contributed by atoms with Crippen molar-refractivity contribution in [1.82, 2.24) is 19.7 Å². The number of anilines is 1. The maximum Gasteiger partial charge on any atom is 0.280 e. The van der Waals surface area contributed by atoms with Gasteiger partial charge < -0.3 is 5.32 Å². The number of pyridine rings is 1. The van der Waals surface area contributed by atoms with Gasteiger partial charge >= 0.3 is 0 Å². The van der Waals surface area contributed by atoms with E-state index in [0.29, 0.717) is 11.8 Å². The summed E-state index contributed by atoms with van der Waals surface area (Å²) in [5.74, 6) is -0.509. The van der Waals surface area contributed by atoms with Crippen molar-refractivity contribution in [2.75, 3.05) is 5.32 Å². The van der Waals surface area contributed by atoms with Crippen molar-refractivity contribution in [3.05, 3.63) is 71.0 Å². The molecule has 0 saturated heterocycles. The van der Waals surface area contributed by atoms with Crippen molar-refractivity contribution < 1.29 is 22.4 Å². The molecule has 0 aliphatic heterocycles. The average Bonchev–Trinajstić information content (AvgIpc) is 3.39. The molecule has 1 N–H and O–H groups in total. The normalized spacial score (nSPS) is 11.8. The van der Waals surface area contributed by atoms with Gasteiger partial charge in [0.25, 0.3) is 12.9 Å². The van der Waals surface area contributed by atoms with Gasteiger partial charge in [-0.1, -0.05) is 6.07 Å². The van der Waals surface area contributed by atoms with Gasteiger partial charge in [-0.3, -0.25) is 4.79 Å². The number of halogens is 4. The number of carbonyl (C=O) groups excluding carboxylic acids is 1. The first-order valence-electron chi connectivity index (χ1n) is 10.9. The molecule has 11 heteroatoms. The van der Waals surface area contributed by atoms with E-state index in [1.54, 1.807) is 23.5 Å². The second-order valence-corrected chi connectivity index (χ2v) is 9.33. The van der Waals surface area contributed by atoms with Crippen molar-refractivity contribution in [2.45, 2.75) is 33.2 Å². The van der Waals surface area contributed by atoms with Gasteiger partial charge in [-0.2, -0.15) is 5.10 Å². The number of carbonyl (C=O) groups is 1. The third kappa shape index (κ3) is 4.53. The topological polar surface area (TPSA) is 72.7 Å². The number of aromatic nitrogens is 4. The zero-order chi connectivity index (χ0) is 25.6. The first-order valence-corrected chi connectivity index (χ1v) is 11.7. The number of hydrogen-bond acceptors (Lipinski definition) is 5. The molecule has 3 aromatic heterocycles. The van der Waals surface area contributed by atoms with Crippen molar-refractivity contribution in [1.29, 1.82) is 0 Å². The highest BCUT2D eigenvalue weighted by atomic mass is 32.1. The Morgan fingerprint density at radius 3 is 2.44 bits per heavy atom. The Labute approximate surface area is 206 Å². The third-order valence-corrected chi connectivity index (χ3v) is 6.71. The predicted molar refractivity (Wildman–Crippen MR) is 131 cm³/mol. The second kappa shape index (κ2) is 9.30. The van der Waals surface area contributed by atoms with Crippen molar-refractivity contribution in [3.63, 3.8) is 0 Å². The summed E-state index contributed by atoms with van der Waals surface area (Å²) in [6.45, 7) is 3.11. The summed E-state index contributed by atoms with van der Waals surface area (Å²) in [6.07, 6.45) is -6.03. The van der Waals surface area contributed by atoms with Crippen LogP contribution >= 0.6 is 11.3 Å². The number of hydrogen-bond donors (Lipinski definition) is 1. The smallest absolute Gasteiger partial charge is 0.280 e. The SMILES string of the molecule is Cc1ccc2nc(-c3ccc(NC(=O)Cn4nc(C)c5c(C(F)F)cc(C(F)F)nc54)cc3)sc2c1. The van der Waals surface area contributed by atoms with E-state index in [9.17, 15) is 22.4 Å². The number of amides is 1. The maximum atomic E-state index is 13.5. The molecule has 2 aromatic carbocycles. The lowest BCUT2D eigenvalue weighted by Gasteiger charge is -2.09. The Balaban J connectivity index is 1.36. The van der Waals surface area contributed by atoms with E-state index in [4.69, 9.17) is 0 Å². The minimum absolute atomic E-state index is 0.0300. The van der Waals surface area contributed by atoms with Crippen molar-refractivity contribution in [2.24, 2.45) is 0 Å². The number of rotatable bonds is 6. The molecule has 0 radical (unpaired) electrons. The number of nitrogens with zero attached hydrogens (tertiary/aromatic N) is 4. The standard InChI is InChI=1S/C25H19F4N5OS/c1-12-3-8-17-19(9-12)36-25(32-17)14-4-6-15(7-5-14)30-20(35)11-34-24-21(13(2)33-34)16(22(26)27)10-18(31-24)23(28)29/h3-10,22-23H,11H2,1-2H3,(H,30,35). The van der Waals surface area contributed by atoms with E-state index in [2.05, 4.69) is 26.4 Å². The lowest BCUT2D eigenvalue weighted by Crippen LogP contribution is -2.20. The van der Waals surface area contributed by atoms with E-state index in [1.165, 1.54) is 6.92 Å². The van der Waals surface area contributed by atoms with Crippen LogP contribution in [0.4, 0.5) is 23.2 Å². The molecule has 1 amide bonds. The number of aryl methyl sites for hydroxylation is 2. The summed E-state index contributed by atoms with van der Waals surface area (Å²) in [6, 6.07) is 13.9. The van der Waals surface area contributed by atoms with E-state index < -0.39 is 30.0 Å². The molecule has 5 aromatic rings. The summed E-state index contributed by atoms with van der Waals surface area (Å²) in [5.41, 5.74) is 2.08. The fourth-order valence-corrected chi connectivity index (χ4v) is 5.06. The van der Waals surface area contributed by atoms with Crippen LogP contribution < -0.4 is 5.32 Å². The van der Waals surface area contributed by atoms with Gasteiger partial charge in [-0.15, -0.1) is 11.3 Å². The van der Waals surface area contributed by atoms with Crippen LogP contribution in [0.3, 0.4) is 0 Å². The lowest BCUT2D eigenvalue weighted by molar-refractivity contribution is -0.116. The molecule has 5 rings (SSSR count). The number of nitrogens with one attached hydrogen (secondary N) is 1. The van der Waals surface area contributed by atoms with E-state index in [-0.39, 0.29) is 23.3 Å². The minimum atomic E-state index is -3.04. The van der Waals surface area contributed by atoms with Gasteiger partial charge in [0.05, 0.1) is 21.3 Å². The molecule has 0 spiro atoms. The molecule has 0 atom stereocenters. The number of benzene rings is 2. The monoisotopic (exact) mass is 513 g/mol. The first kappa shape index (κ1) is 23.9. The summed E-state index contributed by atoms with van der Waals surface area (Å²) in [5, 5.41) is 7.63. The van der Waals surface area contributed by atoms with Crippen LogP contribution in [0.2, 0.25) is 0 Å². The van der Waals surface area contributed by atoms with Crippen LogP contribution in [0, 0.1) is 13.8 Å². The fraction of sp³-hybridized carbons (Fsp3) is 0.200. The molecule has 0 bridgehead atoms. The highest BCUT2D eigenvalue weighted by Crippen LogP contribution is 2.33. The highest BCUT2D eigenvalue weighted by Gasteiger charge is 2.24. The zero-order valence-electron chi connectivity index (χ0n) is 19.1. The van der Waals surface area contributed by atoms with Crippen LogP contribution in [0.15, 0.2) is 48.5 Å². The molecule has 3 heterocycles. The van der Waals surface area contributed by atoms with Crippen molar-refractivity contribution in [3.8, 4) is 10.6 Å². The summed E-state index contributed by atoms with van der Waals surface area (Å²) in [4.78, 5) is 21.1. The molecule has 0 unspecified atom stereocenters. The van der Waals surface area contributed by atoms with Gasteiger partial charge in [-0.05, 0) is 61.9 Å². The van der Waals surface area contributed by atoms with Crippen LogP contribution in [-0.4, -0.2) is 25.7 Å². The van der Waals surface area contributed by atoms with Crippen LogP contribution in [0.25, 0.3) is 31.8 Å². The van der Waals surface area contributed by atoms with Crippen LogP contribution in [-0.2, 0) is 11.3 Å². The quantitative estimate of drug-likeness (QED) is 0.252. The number of alkyl halides is 4. The molecule has 6 nitrogen and oxygen atoms in total. The Bertz CT molecular complexity index is 1590. The molecule has 0 saturated carbocycles. The van der Waals surface area contributed by atoms with E-state index in [1.807, 2.05) is 31.2 Å². The highest BCUT2D eigenvalue weighted by molar-refractivity contribution is 7.21. The van der Waals surface area contributed by atoms with Gasteiger partial charge in [0, 0.05) is 16.8 Å². The molecular weight excluding hydrogens is 494 g/mol. The molecule has 0 fully saturated rings. The third-order valence-electron chi connectivity index (χ3n) is 5.64. The molecule has 36 heavy (non-hydrogen) atoms. The minimum Gasteiger partial charge on any atom is -0.324 e. The fourth-order valence-electron chi connectivity index (χ4n) is 3.99. The second-order valence-electron chi connectivity index (χ2n) is 8.30. The van der Waals surface area contributed by atoms with Gasteiger partial charge in [0.1, 0.15) is 17.2 Å². The Morgan fingerprint density at radius 2 is 1.75 bits per heavy atom. The average molecular weight is 514 g/mol. The molecule has 0 aliphatic rings. The summed E-state index contributed by atoms with van der Waals surface area (Å²) >= 11 is 1.57. The Hall–Kier alpha value is -3.86. The molecular formula is C25H19F4N5OS. The van der Waals surface area contributed by atoms with Crippen LogP contribution in [0.1, 0.15) is 35.4 Å². The predicted octanol–water partition coefficient (Wildman–Crippen LogP) is 6.84. The van der Waals surface area contributed by atoms with Gasteiger partial charge in [-0.25, -0.2) is 32.2 Å². The number of thiazole rings is 1. The first-order chi connectivity index (χ1) is 17.2. The van der Waals surface area contributed by atoms with E-state index in [0.717, 1.165) is 31.0 Å². The Kier molecular flexibility index (Phi) is 6.17. The number of fused-ring (bicyclic) bond motifs is 2. The largest absolute Gasteiger partial charge is 0.324 e. The Morgan fingerprint density at radius 1 is 1.00 bits per heavy atom. The summed E-state index contributed by atoms with van der Waals surface area (Å²) in [7, 11) is 0. The lowest BCUT2D eigenvalue weighted by atomic mass is 10.1. The molecule has 0 aliphatic carbocycles. The summed E-state index contributed by atoms with van der Waals surface area (Å²) < 4.78 is 55.7. The van der Waals surface area contributed by atoms with Gasteiger partial charge in [0.15, 0.2) is 5.65 Å². The van der Waals surface area contributed by atoms with Gasteiger partial charge in [0.2, 0.25) is 5.91 Å².